The van der Waals surface area contributed by atoms with E-state index in [1.54, 1.807) is 0 Å². The van der Waals surface area contributed by atoms with Crippen molar-refractivity contribution >= 4 is 24.0 Å². The number of nitrogens with zero attached hydrogens (tertiary/aromatic N) is 1. The van der Waals surface area contributed by atoms with Crippen LogP contribution in [0.5, 0.6) is 5.75 Å². The number of non-ortho nitro benzene ring substituents is 1. The monoisotopic (exact) mass is 611 g/mol. The van der Waals surface area contributed by atoms with E-state index in [4.69, 9.17) is 18.9 Å². The second kappa shape index (κ2) is 15.1. The number of amides is 2. The standard InChI is InChI=1S/C32H41N3O9/c36-30(41-19-28-24-9-5-1-2-6-10-25(24)28)33-17-23(44-32(38)43-22-15-13-21(14-16-22)35(39)40)18-34-31(37)42-20-29-26-11-7-3-4-8-12-27(26)29/h1-4,13-16,23-29H,5-12,17-20H2,(H,33,36)(H,34,37)/b2-1-,4-3-/t23?,24-,25+,26-,27+,28?,29?. The molecule has 0 spiro atoms. The minimum Gasteiger partial charge on any atom is -0.449 e. The Labute approximate surface area is 256 Å². The fraction of sp³-hybridized carbons (Fsp3) is 0.594. The van der Waals surface area contributed by atoms with Gasteiger partial charge in [-0.2, -0.15) is 0 Å². The van der Waals surface area contributed by atoms with E-state index < -0.39 is 29.4 Å². The number of ether oxygens (including phenoxy) is 4. The van der Waals surface area contributed by atoms with Gasteiger partial charge in [-0.05, 0) is 99.0 Å². The Morgan fingerprint density at radius 1 is 0.750 bits per heavy atom. The highest BCUT2D eigenvalue weighted by atomic mass is 16.7. The first kappa shape index (κ1) is 31.3. The molecule has 12 heteroatoms. The average Bonchev–Trinajstić information content (AvgIpc) is 3.84. The third kappa shape index (κ3) is 8.96. The van der Waals surface area contributed by atoms with Gasteiger partial charge in [-0.3, -0.25) is 10.1 Å². The van der Waals surface area contributed by atoms with Crippen molar-refractivity contribution in [2.75, 3.05) is 26.3 Å². The summed E-state index contributed by atoms with van der Waals surface area (Å²) in [5.74, 6) is 3.09. The third-order valence-corrected chi connectivity index (χ3v) is 9.29. The summed E-state index contributed by atoms with van der Waals surface area (Å²) in [6, 6.07) is 4.93. The number of nitrogens with one attached hydrogen (secondary N) is 2. The zero-order valence-corrected chi connectivity index (χ0v) is 24.8. The van der Waals surface area contributed by atoms with Crippen molar-refractivity contribution in [3.8, 4) is 5.75 Å². The first-order valence-electron chi connectivity index (χ1n) is 15.6. The molecule has 0 aromatic heterocycles. The van der Waals surface area contributed by atoms with Crippen LogP contribution < -0.4 is 15.4 Å². The van der Waals surface area contributed by atoms with Crippen LogP contribution in [-0.4, -0.2) is 55.7 Å². The summed E-state index contributed by atoms with van der Waals surface area (Å²) >= 11 is 0. The lowest BCUT2D eigenvalue weighted by Gasteiger charge is -2.19. The predicted octanol–water partition coefficient (Wildman–Crippen LogP) is 5.92. The Morgan fingerprint density at radius 2 is 1.18 bits per heavy atom. The highest BCUT2D eigenvalue weighted by Gasteiger charge is 2.50. The van der Waals surface area contributed by atoms with E-state index in [0.717, 1.165) is 51.4 Å². The number of hydrogen-bond donors (Lipinski definition) is 2. The number of carbonyl (C=O) groups is 3. The normalized spacial score (nSPS) is 28.8. The van der Waals surface area contributed by atoms with Gasteiger partial charge in [-0.15, -0.1) is 0 Å². The van der Waals surface area contributed by atoms with E-state index in [0.29, 0.717) is 48.7 Å². The van der Waals surface area contributed by atoms with Gasteiger partial charge in [0.2, 0.25) is 0 Å². The first-order chi connectivity index (χ1) is 21.4. The number of allylic oxidation sites excluding steroid dienone is 4. The topological polar surface area (TPSA) is 155 Å². The van der Waals surface area contributed by atoms with Crippen LogP contribution in [0.25, 0.3) is 0 Å². The number of nitro benzene ring substituents is 1. The average molecular weight is 612 g/mol. The summed E-state index contributed by atoms with van der Waals surface area (Å²) in [4.78, 5) is 47.8. The fourth-order valence-corrected chi connectivity index (χ4v) is 6.77. The van der Waals surface area contributed by atoms with E-state index in [1.165, 1.54) is 24.3 Å². The van der Waals surface area contributed by atoms with E-state index in [2.05, 4.69) is 34.9 Å². The molecule has 0 saturated heterocycles. The third-order valence-electron chi connectivity index (χ3n) is 9.29. The van der Waals surface area contributed by atoms with E-state index in [9.17, 15) is 24.5 Å². The maximum absolute atomic E-state index is 12.5. The van der Waals surface area contributed by atoms with Gasteiger partial charge in [0.1, 0.15) is 11.9 Å². The maximum atomic E-state index is 12.5. The molecule has 2 N–H and O–H groups in total. The zero-order valence-electron chi connectivity index (χ0n) is 24.8. The summed E-state index contributed by atoms with van der Waals surface area (Å²) in [6.45, 7) is 0.378. The van der Waals surface area contributed by atoms with Crippen molar-refractivity contribution in [3.05, 3.63) is 58.7 Å². The van der Waals surface area contributed by atoms with Crippen LogP contribution in [-0.2, 0) is 14.2 Å². The lowest BCUT2D eigenvalue weighted by Crippen LogP contribution is -2.43. The lowest BCUT2D eigenvalue weighted by atomic mass is 10.1. The quantitative estimate of drug-likeness (QED) is 0.0775. The lowest BCUT2D eigenvalue weighted by molar-refractivity contribution is -0.384. The molecule has 1 aromatic carbocycles. The SMILES string of the molecule is O=C(NCC(CNC(=O)OCC1[C@H]2CC/C=C\CC[C@@H]12)OC(=O)Oc1ccc([N+](=O)[O-])cc1)OCC1[C@H]2CC/C=C\CC[C@@H]12. The zero-order chi connectivity index (χ0) is 30.9. The van der Waals surface area contributed by atoms with Crippen molar-refractivity contribution in [2.45, 2.75) is 57.5 Å². The minimum atomic E-state index is -1.10. The van der Waals surface area contributed by atoms with Crippen molar-refractivity contribution in [2.24, 2.45) is 35.5 Å². The largest absolute Gasteiger partial charge is 0.514 e. The molecule has 0 heterocycles. The van der Waals surface area contributed by atoms with E-state index in [-0.39, 0.29) is 24.5 Å². The second-order valence-corrected chi connectivity index (χ2v) is 12.0. The van der Waals surface area contributed by atoms with Crippen LogP contribution in [0.4, 0.5) is 20.1 Å². The van der Waals surface area contributed by atoms with Crippen LogP contribution in [0.1, 0.15) is 51.4 Å². The molecular formula is C32H41N3O9. The summed E-state index contributed by atoms with van der Waals surface area (Å²) in [7, 11) is 0. The molecular weight excluding hydrogens is 570 g/mol. The number of nitro groups is 1. The highest BCUT2D eigenvalue weighted by molar-refractivity contribution is 5.68. The Hall–Kier alpha value is -4.09. The minimum absolute atomic E-state index is 0.0412. The molecule has 2 unspecified atom stereocenters. The fourth-order valence-electron chi connectivity index (χ4n) is 6.77. The molecule has 5 rings (SSSR count). The smallest absolute Gasteiger partial charge is 0.449 e. The molecule has 4 aliphatic rings. The number of carbonyl (C=O) groups excluding carboxylic acids is 3. The van der Waals surface area contributed by atoms with E-state index >= 15 is 0 Å². The molecule has 44 heavy (non-hydrogen) atoms. The van der Waals surface area contributed by atoms with Gasteiger partial charge in [0.25, 0.3) is 5.69 Å². The summed E-state index contributed by atoms with van der Waals surface area (Å²) in [6.07, 6.45) is 14.1. The van der Waals surface area contributed by atoms with Crippen LogP contribution in [0.2, 0.25) is 0 Å². The van der Waals surface area contributed by atoms with Crippen LogP contribution in [0.3, 0.4) is 0 Å². The van der Waals surface area contributed by atoms with Crippen LogP contribution in [0, 0.1) is 45.6 Å². The molecule has 12 nitrogen and oxygen atoms in total. The summed E-state index contributed by atoms with van der Waals surface area (Å²) in [5.41, 5.74) is -0.157. The van der Waals surface area contributed by atoms with Gasteiger partial charge in [-0.25, -0.2) is 14.4 Å². The van der Waals surface area contributed by atoms with Gasteiger partial charge in [0.15, 0.2) is 0 Å². The predicted molar refractivity (Wildman–Crippen MR) is 159 cm³/mol. The Bertz CT molecular complexity index is 1140. The number of fused-ring (bicyclic) bond motifs is 2. The Morgan fingerprint density at radius 3 is 1.59 bits per heavy atom. The van der Waals surface area contributed by atoms with Gasteiger partial charge in [0.05, 0.1) is 31.2 Å². The molecule has 238 valence electrons. The molecule has 0 radical (unpaired) electrons. The van der Waals surface area contributed by atoms with E-state index in [1.807, 2.05) is 0 Å². The van der Waals surface area contributed by atoms with Gasteiger partial charge in [0, 0.05) is 12.1 Å². The molecule has 2 fully saturated rings. The van der Waals surface area contributed by atoms with Crippen LogP contribution >= 0.6 is 0 Å². The molecule has 1 aromatic rings. The van der Waals surface area contributed by atoms with Crippen molar-refractivity contribution in [1.29, 1.82) is 0 Å². The van der Waals surface area contributed by atoms with Gasteiger partial charge in [-0.1, -0.05) is 24.3 Å². The summed E-state index contributed by atoms with van der Waals surface area (Å²) < 4.78 is 21.4. The van der Waals surface area contributed by atoms with Crippen molar-refractivity contribution in [1.82, 2.24) is 10.6 Å². The number of hydrogen-bond acceptors (Lipinski definition) is 9. The molecule has 2 saturated carbocycles. The van der Waals surface area contributed by atoms with Gasteiger partial charge < -0.3 is 29.6 Å². The van der Waals surface area contributed by atoms with Gasteiger partial charge >= 0.3 is 18.3 Å². The van der Waals surface area contributed by atoms with Crippen LogP contribution in [0.15, 0.2) is 48.6 Å². The maximum Gasteiger partial charge on any atom is 0.514 e. The first-order valence-corrected chi connectivity index (χ1v) is 15.6. The molecule has 6 atom stereocenters. The molecule has 0 aliphatic heterocycles. The molecule has 2 amide bonds. The number of benzene rings is 1. The van der Waals surface area contributed by atoms with Crippen molar-refractivity contribution in [3.63, 3.8) is 0 Å². The second-order valence-electron chi connectivity index (χ2n) is 12.0. The number of alkyl carbamates (subject to hydrolysis) is 2. The highest BCUT2D eigenvalue weighted by Crippen LogP contribution is 2.53. The Kier molecular flexibility index (Phi) is 10.7. The Balaban J connectivity index is 1.07. The van der Waals surface area contributed by atoms with Crippen molar-refractivity contribution < 1.29 is 38.3 Å². The number of rotatable bonds is 11. The molecule has 4 aliphatic carbocycles. The summed E-state index contributed by atoms with van der Waals surface area (Å²) in [5, 5.41) is 16.1. The molecule has 0 bridgehead atoms.